The molecule has 5 N–H and O–H groups in total. The van der Waals surface area contributed by atoms with E-state index in [1.54, 1.807) is 7.11 Å². The second kappa shape index (κ2) is 15.2. The number of aliphatic carboxylic acids is 1. The molecule has 2 aliphatic carbocycles. The first-order valence-corrected chi connectivity index (χ1v) is 17.3. The minimum Gasteiger partial charge on any atom is -0.481 e. The quantitative estimate of drug-likeness (QED) is 0.0895. The summed E-state index contributed by atoms with van der Waals surface area (Å²) in [6.45, 7) is 2.25. The van der Waals surface area contributed by atoms with Crippen molar-refractivity contribution in [3.8, 4) is 34.1 Å². The molecule has 0 unspecified atom stereocenters. The number of methoxy groups -OCH3 is 2. The fourth-order valence-corrected chi connectivity index (χ4v) is 7.25. The maximum Gasteiger partial charge on any atom is 0.437 e. The summed E-state index contributed by atoms with van der Waals surface area (Å²) in [5.74, 6) is -1.13. The number of rotatable bonds is 14. The van der Waals surface area contributed by atoms with Gasteiger partial charge in [0, 0.05) is 42.4 Å². The van der Waals surface area contributed by atoms with Crippen LogP contribution in [0.15, 0.2) is 48.5 Å². The summed E-state index contributed by atoms with van der Waals surface area (Å²) in [6, 6.07) is 14.9. The predicted octanol–water partition coefficient (Wildman–Crippen LogP) is 6.56. The summed E-state index contributed by atoms with van der Waals surface area (Å²) in [5, 5.41) is 28.6. The van der Waals surface area contributed by atoms with E-state index in [0.29, 0.717) is 54.4 Å². The molecule has 2 aliphatic rings. The third kappa shape index (κ3) is 8.10. The fraction of sp³-hybridized carbons (Fsp3) is 0.405. The maximum atomic E-state index is 14.3. The van der Waals surface area contributed by atoms with E-state index in [0.717, 1.165) is 27.8 Å². The third-order valence-corrected chi connectivity index (χ3v) is 9.84. The zero-order valence-corrected chi connectivity index (χ0v) is 29.7. The van der Waals surface area contributed by atoms with Crippen molar-refractivity contribution in [1.29, 1.82) is 0 Å². The van der Waals surface area contributed by atoms with Crippen LogP contribution in [0, 0.1) is 0 Å². The molecule has 52 heavy (non-hydrogen) atoms. The molecule has 15 heteroatoms. The number of alkyl halides is 3. The molecule has 11 nitrogen and oxygen atoms in total. The Hall–Kier alpha value is -4.50. The number of hydrogen-bond acceptors (Lipinski definition) is 10. The van der Waals surface area contributed by atoms with Gasteiger partial charge >= 0.3 is 12.1 Å². The summed E-state index contributed by atoms with van der Waals surface area (Å²) < 4.78 is 53.8. The second-order valence-electron chi connectivity index (χ2n) is 13.3. The lowest BCUT2D eigenvalue weighted by Crippen LogP contribution is -2.51. The van der Waals surface area contributed by atoms with Crippen molar-refractivity contribution >= 4 is 23.4 Å². The fourth-order valence-electron chi connectivity index (χ4n) is 6.92. The van der Waals surface area contributed by atoms with Crippen LogP contribution in [0.3, 0.4) is 0 Å². The van der Waals surface area contributed by atoms with E-state index in [1.807, 2.05) is 55.5 Å². The number of nitrogens with zero attached hydrogens (tertiary/aromatic N) is 3. The first-order chi connectivity index (χ1) is 24.8. The second-order valence-corrected chi connectivity index (χ2v) is 13.7. The first-order valence-electron chi connectivity index (χ1n) is 16.9. The molecule has 1 saturated carbocycles. The molecular formula is C37H40ClF3N6O5. The third-order valence-electron chi connectivity index (χ3n) is 9.43. The summed E-state index contributed by atoms with van der Waals surface area (Å²) in [6.07, 6.45) is -2.58. The van der Waals surface area contributed by atoms with E-state index >= 15 is 0 Å². The number of carboxylic acids is 1. The number of hydrogen-bond donors (Lipinski definition) is 5. The number of carbonyl (C=O) groups is 1. The van der Waals surface area contributed by atoms with Crippen molar-refractivity contribution < 1.29 is 37.7 Å². The molecule has 276 valence electrons. The lowest BCUT2D eigenvalue weighted by atomic mass is 9.77. The first kappa shape index (κ1) is 37.3. The highest BCUT2D eigenvalue weighted by molar-refractivity contribution is 6.36. The van der Waals surface area contributed by atoms with Gasteiger partial charge in [0.25, 0.3) is 0 Å². The van der Waals surface area contributed by atoms with Gasteiger partial charge in [0.05, 0.1) is 43.0 Å². The standard InChI is InChI=1S/C37H40ClF3N6O5/c1-36(50)16-21(17-36)43-18-20-10-12-28(46-34(20)51-2)26-9-5-8-25(31(26)38)22-6-4-7-24-23(22)11-13-27(24)45-33-32(37(39,40)41)44-29(35(47-33)52-3)19-42-15-14-30(48)49/h4-10,12,21,27,42-43,50H,11,13-19H2,1-3H3,(H,45,47)(H,48,49)/t21-,27-,36-/m0/s1. The van der Waals surface area contributed by atoms with E-state index in [2.05, 4.69) is 25.9 Å². The van der Waals surface area contributed by atoms with Gasteiger partial charge in [-0.05, 0) is 55.4 Å². The summed E-state index contributed by atoms with van der Waals surface area (Å²) in [5.41, 5.74) is 3.69. The molecular weight excluding hydrogens is 701 g/mol. The Morgan fingerprint density at radius 2 is 1.69 bits per heavy atom. The topological polar surface area (TPSA) is 151 Å². The molecule has 0 aliphatic heterocycles. The number of anilines is 1. The number of halogens is 4. The van der Waals surface area contributed by atoms with Crippen LogP contribution in [0.5, 0.6) is 11.8 Å². The smallest absolute Gasteiger partial charge is 0.437 e. The molecule has 2 aromatic carbocycles. The average molecular weight is 741 g/mol. The lowest BCUT2D eigenvalue weighted by molar-refractivity contribution is -0.141. The maximum absolute atomic E-state index is 14.3. The largest absolute Gasteiger partial charge is 0.481 e. The van der Waals surface area contributed by atoms with Crippen LogP contribution in [-0.2, 0) is 30.5 Å². The van der Waals surface area contributed by atoms with Crippen LogP contribution in [0.4, 0.5) is 19.0 Å². The van der Waals surface area contributed by atoms with Gasteiger partial charge in [-0.3, -0.25) is 4.79 Å². The number of ether oxygens (including phenoxy) is 2. The molecule has 1 fully saturated rings. The van der Waals surface area contributed by atoms with Crippen molar-refractivity contribution in [2.45, 2.75) is 76.0 Å². The van der Waals surface area contributed by atoms with Crippen molar-refractivity contribution in [1.82, 2.24) is 25.6 Å². The van der Waals surface area contributed by atoms with Gasteiger partial charge in [-0.25, -0.2) is 9.97 Å². The molecule has 2 aromatic heterocycles. The van der Waals surface area contributed by atoms with Gasteiger partial charge < -0.3 is 35.6 Å². The van der Waals surface area contributed by atoms with Gasteiger partial charge in [-0.2, -0.15) is 18.2 Å². The zero-order chi connectivity index (χ0) is 37.2. The van der Waals surface area contributed by atoms with Gasteiger partial charge in [0.15, 0.2) is 11.5 Å². The molecule has 1 atom stereocenters. The van der Waals surface area contributed by atoms with Crippen LogP contribution in [0.1, 0.15) is 66.7 Å². The van der Waals surface area contributed by atoms with Crippen molar-refractivity contribution in [2.24, 2.45) is 0 Å². The number of nitrogens with one attached hydrogen (secondary N) is 3. The average Bonchev–Trinajstić information content (AvgIpc) is 3.50. The Morgan fingerprint density at radius 1 is 0.981 bits per heavy atom. The Bertz CT molecular complexity index is 1950. The van der Waals surface area contributed by atoms with Crippen molar-refractivity contribution in [2.75, 3.05) is 26.1 Å². The molecule has 0 amide bonds. The van der Waals surface area contributed by atoms with Gasteiger partial charge in [-0.1, -0.05) is 54.1 Å². The SMILES string of the molecule is COc1nc(-c2cccc(-c3cccc4c3CC[C@@H]4Nc3nc(OC)c(CNCCC(=O)O)nc3C(F)(F)F)c2Cl)ccc1CN[C@H]1C[C@](C)(O)C1. The molecule has 0 spiro atoms. The highest BCUT2D eigenvalue weighted by Crippen LogP contribution is 2.45. The molecule has 0 bridgehead atoms. The highest BCUT2D eigenvalue weighted by Gasteiger charge is 2.40. The number of carboxylic acid groups (broad SMARTS) is 1. The van der Waals surface area contributed by atoms with Crippen LogP contribution in [0.25, 0.3) is 22.4 Å². The van der Waals surface area contributed by atoms with Crippen LogP contribution in [-0.4, -0.2) is 63.5 Å². The normalized spacial score (nSPS) is 19.5. The number of aromatic nitrogens is 3. The van der Waals surface area contributed by atoms with Crippen LogP contribution >= 0.6 is 11.6 Å². The number of aliphatic hydroxyl groups is 1. The van der Waals surface area contributed by atoms with E-state index in [4.69, 9.17) is 31.2 Å². The Labute approximate surface area is 304 Å². The van der Waals surface area contributed by atoms with E-state index in [-0.39, 0.29) is 37.1 Å². The number of benzene rings is 2. The van der Waals surface area contributed by atoms with Gasteiger partial charge in [0.1, 0.15) is 5.69 Å². The van der Waals surface area contributed by atoms with Crippen molar-refractivity contribution in [3.63, 3.8) is 0 Å². The molecule has 6 rings (SSSR count). The summed E-state index contributed by atoms with van der Waals surface area (Å²) in [4.78, 5) is 23.6. The van der Waals surface area contributed by atoms with Crippen LogP contribution in [0.2, 0.25) is 5.02 Å². The highest BCUT2D eigenvalue weighted by atomic mass is 35.5. The molecule has 0 radical (unpaired) electrons. The number of pyridine rings is 1. The summed E-state index contributed by atoms with van der Waals surface area (Å²) >= 11 is 7.09. The van der Waals surface area contributed by atoms with E-state index in [1.165, 1.54) is 7.11 Å². The predicted molar refractivity (Wildman–Crippen MR) is 189 cm³/mol. The Balaban J connectivity index is 1.25. The van der Waals surface area contributed by atoms with Gasteiger partial charge in [0.2, 0.25) is 11.8 Å². The molecule has 0 saturated heterocycles. The number of fused-ring (bicyclic) bond motifs is 1. The van der Waals surface area contributed by atoms with Crippen molar-refractivity contribution in [3.05, 3.63) is 81.6 Å². The molecule has 2 heterocycles. The minimum atomic E-state index is -4.82. The van der Waals surface area contributed by atoms with E-state index in [9.17, 15) is 23.1 Å². The summed E-state index contributed by atoms with van der Waals surface area (Å²) in [7, 11) is 2.85. The Kier molecular flexibility index (Phi) is 10.9. The minimum absolute atomic E-state index is 0.0387. The lowest BCUT2D eigenvalue weighted by Gasteiger charge is -2.41. The Morgan fingerprint density at radius 3 is 2.38 bits per heavy atom. The van der Waals surface area contributed by atoms with Crippen LogP contribution < -0.4 is 25.4 Å². The van der Waals surface area contributed by atoms with Gasteiger partial charge in [-0.15, -0.1) is 0 Å². The molecule has 4 aromatic rings. The van der Waals surface area contributed by atoms with E-state index < -0.39 is 35.3 Å². The monoisotopic (exact) mass is 740 g/mol. The zero-order valence-electron chi connectivity index (χ0n) is 28.9.